The second kappa shape index (κ2) is 9.25. The molecule has 0 unspecified atom stereocenters. The number of nitrogens with one attached hydrogen (secondary N) is 1. The Balaban J connectivity index is 2.22. The van der Waals surface area contributed by atoms with Crippen molar-refractivity contribution in [3.05, 3.63) is 24.3 Å². The molecule has 0 fully saturated rings. The minimum absolute atomic E-state index is 0.0572. The topological polar surface area (TPSA) is 81.4 Å². The van der Waals surface area contributed by atoms with Crippen LogP contribution in [0.15, 0.2) is 24.3 Å². The van der Waals surface area contributed by atoms with E-state index in [9.17, 15) is 9.59 Å². The van der Waals surface area contributed by atoms with Crippen LogP contribution < -0.4 is 15.8 Å². The number of ether oxygens (including phenoxy) is 1. The van der Waals surface area contributed by atoms with Crippen molar-refractivity contribution in [3.63, 3.8) is 0 Å². The van der Waals surface area contributed by atoms with E-state index in [4.69, 9.17) is 10.5 Å². The molecule has 1 rings (SSSR count). The van der Waals surface area contributed by atoms with Gasteiger partial charge in [-0.15, -0.1) is 0 Å². The third-order valence-electron chi connectivity index (χ3n) is 2.39. The molecule has 0 saturated heterocycles. The fourth-order valence-corrected chi connectivity index (χ4v) is 2.26. The first-order chi connectivity index (χ1) is 9.61. The molecular weight excluding hydrogens is 276 g/mol. The van der Waals surface area contributed by atoms with Crippen LogP contribution in [0.25, 0.3) is 0 Å². The van der Waals surface area contributed by atoms with E-state index >= 15 is 0 Å². The molecule has 3 N–H and O–H groups in total. The molecule has 110 valence electrons. The highest BCUT2D eigenvalue weighted by Gasteiger charge is 2.03. The summed E-state index contributed by atoms with van der Waals surface area (Å²) in [5, 5.41) is 2.80. The molecule has 0 heterocycles. The Hall–Kier alpha value is -1.69. The Morgan fingerprint density at radius 3 is 2.60 bits per heavy atom. The van der Waals surface area contributed by atoms with Gasteiger partial charge < -0.3 is 15.8 Å². The highest BCUT2D eigenvalue weighted by atomic mass is 32.2. The third kappa shape index (κ3) is 7.04. The smallest absolute Gasteiger partial charge is 0.234 e. The van der Waals surface area contributed by atoms with Gasteiger partial charge in [-0.05, 0) is 43.4 Å². The van der Waals surface area contributed by atoms with Crippen LogP contribution in [0.4, 0.5) is 5.69 Å². The molecule has 0 spiro atoms. The van der Waals surface area contributed by atoms with Gasteiger partial charge in [-0.25, -0.2) is 0 Å². The third-order valence-corrected chi connectivity index (χ3v) is 3.44. The van der Waals surface area contributed by atoms with Crippen molar-refractivity contribution < 1.29 is 14.3 Å². The molecule has 2 amide bonds. The lowest BCUT2D eigenvalue weighted by atomic mass is 10.3. The molecule has 0 aromatic heterocycles. The van der Waals surface area contributed by atoms with E-state index in [0.29, 0.717) is 25.2 Å². The molecule has 1 aromatic carbocycles. The summed E-state index contributed by atoms with van der Waals surface area (Å²) in [6.07, 6.45) is 1.07. The summed E-state index contributed by atoms with van der Waals surface area (Å²) in [5.74, 6) is 1.54. The average Bonchev–Trinajstić information content (AvgIpc) is 2.40. The van der Waals surface area contributed by atoms with Crippen LogP contribution in [0.1, 0.15) is 19.8 Å². The number of benzene rings is 1. The Kier molecular flexibility index (Phi) is 7.57. The van der Waals surface area contributed by atoms with Crippen LogP contribution in [0, 0.1) is 0 Å². The molecular formula is C14H20N2O3S. The lowest BCUT2D eigenvalue weighted by Crippen LogP contribution is -2.14. The molecule has 0 bridgehead atoms. The number of thioether (sulfide) groups is 1. The van der Waals surface area contributed by atoms with Gasteiger partial charge in [-0.2, -0.15) is 11.8 Å². The molecule has 0 radical (unpaired) electrons. The summed E-state index contributed by atoms with van der Waals surface area (Å²) in [4.78, 5) is 22.2. The highest BCUT2D eigenvalue weighted by Crippen LogP contribution is 2.16. The number of rotatable bonds is 9. The number of carbonyl (C=O) groups is 2. The summed E-state index contributed by atoms with van der Waals surface area (Å²) in [7, 11) is 0. The van der Waals surface area contributed by atoms with Gasteiger partial charge in [0, 0.05) is 12.1 Å². The number of hydrogen-bond donors (Lipinski definition) is 2. The average molecular weight is 296 g/mol. The normalized spacial score (nSPS) is 10.1. The molecule has 0 saturated carbocycles. The van der Waals surface area contributed by atoms with Crippen LogP contribution in [0.5, 0.6) is 5.75 Å². The molecule has 1 aromatic rings. The van der Waals surface area contributed by atoms with Crippen molar-refractivity contribution >= 4 is 29.3 Å². The van der Waals surface area contributed by atoms with Crippen molar-refractivity contribution in [2.75, 3.05) is 23.4 Å². The van der Waals surface area contributed by atoms with E-state index in [1.54, 1.807) is 12.1 Å². The maximum absolute atomic E-state index is 11.7. The van der Waals surface area contributed by atoms with Crippen molar-refractivity contribution in [2.45, 2.75) is 19.8 Å². The van der Waals surface area contributed by atoms with Crippen LogP contribution >= 0.6 is 11.8 Å². The van der Waals surface area contributed by atoms with Crippen molar-refractivity contribution in [1.82, 2.24) is 0 Å². The van der Waals surface area contributed by atoms with E-state index in [-0.39, 0.29) is 11.8 Å². The molecule has 0 aliphatic rings. The number of nitrogens with two attached hydrogens (primary N) is 1. The molecule has 0 atom stereocenters. The first-order valence-corrected chi connectivity index (χ1v) is 7.66. The second-order valence-corrected chi connectivity index (χ2v) is 5.23. The maximum Gasteiger partial charge on any atom is 0.234 e. The van der Waals surface area contributed by atoms with Crippen molar-refractivity contribution in [3.8, 4) is 5.75 Å². The lowest BCUT2D eigenvalue weighted by molar-refractivity contribution is -0.118. The van der Waals surface area contributed by atoms with Crippen molar-refractivity contribution in [2.24, 2.45) is 5.73 Å². The van der Waals surface area contributed by atoms with E-state index in [0.717, 1.165) is 17.2 Å². The molecule has 20 heavy (non-hydrogen) atoms. The van der Waals surface area contributed by atoms with Gasteiger partial charge in [0.25, 0.3) is 0 Å². The van der Waals surface area contributed by atoms with Crippen LogP contribution in [0.2, 0.25) is 0 Å². The SMILES string of the molecule is CCOc1ccc(NC(=O)CSCCCC(N)=O)cc1. The van der Waals surface area contributed by atoms with Crippen LogP contribution in [0.3, 0.4) is 0 Å². The minimum Gasteiger partial charge on any atom is -0.494 e. The number of hydrogen-bond acceptors (Lipinski definition) is 4. The van der Waals surface area contributed by atoms with Gasteiger partial charge >= 0.3 is 0 Å². The second-order valence-electron chi connectivity index (χ2n) is 4.13. The maximum atomic E-state index is 11.7. The fourth-order valence-electron chi connectivity index (χ4n) is 1.51. The Bertz CT molecular complexity index is 435. The Morgan fingerprint density at radius 1 is 1.30 bits per heavy atom. The summed E-state index contributed by atoms with van der Waals surface area (Å²) in [6, 6.07) is 7.25. The van der Waals surface area contributed by atoms with Gasteiger partial charge in [0.2, 0.25) is 11.8 Å². The zero-order chi connectivity index (χ0) is 14.8. The molecule has 5 nitrogen and oxygen atoms in total. The standard InChI is InChI=1S/C14H20N2O3S/c1-2-19-12-7-5-11(6-8-12)16-14(18)10-20-9-3-4-13(15)17/h5-8H,2-4,9-10H2,1H3,(H2,15,17)(H,16,18). The Morgan fingerprint density at radius 2 is 2.00 bits per heavy atom. The predicted molar refractivity (Wildman–Crippen MR) is 82.0 cm³/mol. The molecule has 0 aliphatic carbocycles. The molecule has 6 heteroatoms. The lowest BCUT2D eigenvalue weighted by Gasteiger charge is -2.07. The monoisotopic (exact) mass is 296 g/mol. The summed E-state index contributed by atoms with van der Waals surface area (Å²) < 4.78 is 5.32. The van der Waals surface area contributed by atoms with E-state index in [2.05, 4.69) is 5.32 Å². The van der Waals surface area contributed by atoms with Gasteiger partial charge in [0.05, 0.1) is 12.4 Å². The summed E-state index contributed by atoms with van der Waals surface area (Å²) >= 11 is 1.49. The Labute approximate surface area is 123 Å². The van der Waals surface area contributed by atoms with E-state index in [1.165, 1.54) is 11.8 Å². The fraction of sp³-hybridized carbons (Fsp3) is 0.429. The number of amides is 2. The predicted octanol–water partition coefficient (Wildman–Crippen LogP) is 2.02. The van der Waals surface area contributed by atoms with E-state index < -0.39 is 0 Å². The van der Waals surface area contributed by atoms with Crippen LogP contribution in [-0.2, 0) is 9.59 Å². The van der Waals surface area contributed by atoms with Gasteiger partial charge in [-0.1, -0.05) is 0 Å². The number of carbonyl (C=O) groups excluding carboxylic acids is 2. The first-order valence-electron chi connectivity index (χ1n) is 6.50. The van der Waals surface area contributed by atoms with E-state index in [1.807, 2.05) is 19.1 Å². The molecule has 0 aliphatic heterocycles. The van der Waals surface area contributed by atoms with Gasteiger partial charge in [0.1, 0.15) is 5.75 Å². The quantitative estimate of drug-likeness (QED) is 0.683. The number of anilines is 1. The largest absolute Gasteiger partial charge is 0.494 e. The summed E-state index contributed by atoms with van der Waals surface area (Å²) in [5.41, 5.74) is 5.78. The zero-order valence-electron chi connectivity index (χ0n) is 11.6. The summed E-state index contributed by atoms with van der Waals surface area (Å²) in [6.45, 7) is 2.54. The first kappa shape index (κ1) is 16.4. The number of primary amides is 1. The highest BCUT2D eigenvalue weighted by molar-refractivity contribution is 7.99. The van der Waals surface area contributed by atoms with Gasteiger partial charge in [-0.3, -0.25) is 9.59 Å². The van der Waals surface area contributed by atoms with Gasteiger partial charge in [0.15, 0.2) is 0 Å². The zero-order valence-corrected chi connectivity index (χ0v) is 12.4. The van der Waals surface area contributed by atoms with Crippen molar-refractivity contribution in [1.29, 1.82) is 0 Å². The van der Waals surface area contributed by atoms with Crippen LogP contribution in [-0.4, -0.2) is 29.9 Å². The minimum atomic E-state index is -0.301.